The zero-order valence-corrected chi connectivity index (χ0v) is 20.8. The zero-order chi connectivity index (χ0) is 26.5. The minimum absolute atomic E-state index is 0.516. The van der Waals surface area contributed by atoms with Crippen LogP contribution in [0.3, 0.4) is 0 Å². The summed E-state index contributed by atoms with van der Waals surface area (Å²) in [5.74, 6) is 1.60. The van der Waals surface area contributed by atoms with Crippen molar-refractivity contribution in [3.8, 4) is 34.2 Å². The third-order valence-corrected chi connectivity index (χ3v) is 6.93. The van der Waals surface area contributed by atoms with Gasteiger partial charge in [-0.1, -0.05) is 48.5 Å². The average molecular weight is 516 g/mol. The Morgan fingerprint density at radius 2 is 0.925 bits per heavy atom. The molecule has 9 nitrogen and oxygen atoms in total. The lowest BCUT2D eigenvalue weighted by Crippen LogP contribution is -2.01. The summed E-state index contributed by atoms with van der Waals surface area (Å²) >= 11 is 0. The molecule has 0 atom stereocenters. The van der Waals surface area contributed by atoms with Crippen LogP contribution in [0.1, 0.15) is 0 Å². The summed E-state index contributed by atoms with van der Waals surface area (Å²) in [6.07, 6.45) is 2.87. The van der Waals surface area contributed by atoms with Gasteiger partial charge in [0.05, 0.1) is 11.0 Å². The van der Waals surface area contributed by atoms with Crippen molar-refractivity contribution < 1.29 is 0 Å². The van der Waals surface area contributed by atoms with Crippen LogP contribution in [0.5, 0.6) is 0 Å². The number of hydrogen-bond acceptors (Lipinski definition) is 9. The van der Waals surface area contributed by atoms with Crippen molar-refractivity contribution in [3.63, 3.8) is 0 Å². The van der Waals surface area contributed by atoms with Gasteiger partial charge in [0.1, 0.15) is 23.7 Å². The highest BCUT2D eigenvalue weighted by Gasteiger charge is 2.18. The zero-order valence-electron chi connectivity index (χ0n) is 20.8. The molecule has 0 unspecified atom stereocenters. The van der Waals surface area contributed by atoms with Gasteiger partial charge in [-0.25, -0.2) is 24.9 Å². The highest BCUT2D eigenvalue weighted by Crippen LogP contribution is 2.36. The number of aromatic nitrogens is 9. The van der Waals surface area contributed by atoms with E-state index < -0.39 is 0 Å². The van der Waals surface area contributed by atoms with Gasteiger partial charge < -0.3 is 0 Å². The molecule has 0 fully saturated rings. The first-order chi connectivity index (χ1) is 19.8. The molecule has 186 valence electrons. The second-order valence-corrected chi connectivity index (χ2v) is 9.33. The monoisotopic (exact) mass is 515 g/mol. The lowest BCUT2D eigenvalue weighted by atomic mass is 9.96. The second kappa shape index (κ2) is 8.88. The molecule has 0 spiro atoms. The summed E-state index contributed by atoms with van der Waals surface area (Å²) < 4.78 is 0. The molecule has 9 heteroatoms. The van der Waals surface area contributed by atoms with Gasteiger partial charge in [0.25, 0.3) is 0 Å². The molecule has 0 amide bonds. The standard InChI is InChI=1S/C31H17N9/c1-3-7-22-18(5-1)13-19-6-2-4-8-23(19)28(22)31-37-29(20-9-11-24-26(14-20)39-34-16-32-24)36-30(38-31)21-10-12-25-27(15-21)40-35-17-33-25/h1-17H. The largest absolute Gasteiger partial charge is 0.233 e. The Hall–Kier alpha value is -5.83. The van der Waals surface area contributed by atoms with Crippen LogP contribution in [-0.2, 0) is 0 Å². The summed E-state index contributed by atoms with van der Waals surface area (Å²) in [5, 5.41) is 20.7. The van der Waals surface area contributed by atoms with E-state index in [-0.39, 0.29) is 0 Å². The van der Waals surface area contributed by atoms with Crippen LogP contribution in [0.4, 0.5) is 0 Å². The number of rotatable bonds is 3. The highest BCUT2D eigenvalue weighted by atomic mass is 15.1. The van der Waals surface area contributed by atoms with E-state index in [4.69, 9.17) is 15.0 Å². The average Bonchev–Trinajstić information content (AvgIpc) is 3.03. The van der Waals surface area contributed by atoms with E-state index in [2.05, 4.69) is 60.7 Å². The fourth-order valence-corrected chi connectivity index (χ4v) is 5.06. The molecule has 0 aliphatic heterocycles. The Kier molecular flexibility index (Phi) is 4.92. The minimum Gasteiger partial charge on any atom is -0.233 e. The van der Waals surface area contributed by atoms with Gasteiger partial charge in [-0.05, 0) is 64.0 Å². The van der Waals surface area contributed by atoms with Crippen LogP contribution in [0, 0.1) is 0 Å². The van der Waals surface area contributed by atoms with E-state index in [0.717, 1.165) is 49.3 Å². The van der Waals surface area contributed by atoms with Crippen molar-refractivity contribution in [2.24, 2.45) is 0 Å². The second-order valence-electron chi connectivity index (χ2n) is 9.33. The van der Waals surface area contributed by atoms with Gasteiger partial charge in [-0.15, -0.1) is 20.4 Å². The van der Waals surface area contributed by atoms with Crippen LogP contribution in [-0.4, -0.2) is 45.3 Å². The van der Waals surface area contributed by atoms with Crippen LogP contribution in [0.2, 0.25) is 0 Å². The van der Waals surface area contributed by atoms with Crippen LogP contribution in [0.15, 0.2) is 104 Å². The summed E-state index contributed by atoms with van der Waals surface area (Å²) in [7, 11) is 0. The lowest BCUT2D eigenvalue weighted by Gasteiger charge is -2.13. The normalized spacial score (nSPS) is 11.5. The Labute approximate surface area is 226 Å². The molecular formula is C31H17N9. The van der Waals surface area contributed by atoms with Crippen molar-refractivity contribution in [2.45, 2.75) is 0 Å². The predicted molar refractivity (Wildman–Crippen MR) is 153 cm³/mol. The van der Waals surface area contributed by atoms with Gasteiger partial charge in [-0.2, -0.15) is 0 Å². The van der Waals surface area contributed by atoms with Gasteiger partial charge in [-0.3, -0.25) is 0 Å². The van der Waals surface area contributed by atoms with Gasteiger partial charge >= 0.3 is 0 Å². The van der Waals surface area contributed by atoms with Crippen molar-refractivity contribution in [1.29, 1.82) is 0 Å². The van der Waals surface area contributed by atoms with Gasteiger partial charge in [0, 0.05) is 16.7 Å². The van der Waals surface area contributed by atoms with E-state index in [1.807, 2.05) is 60.7 Å². The molecular weight excluding hydrogens is 498 g/mol. The number of nitrogens with zero attached hydrogens (tertiary/aromatic N) is 9. The third kappa shape index (κ3) is 3.68. The summed E-state index contributed by atoms with van der Waals surface area (Å²) in [6, 6.07) is 30.2. The van der Waals surface area contributed by atoms with Crippen molar-refractivity contribution >= 4 is 43.6 Å². The van der Waals surface area contributed by atoms with Crippen molar-refractivity contribution in [3.05, 3.63) is 104 Å². The van der Waals surface area contributed by atoms with Crippen LogP contribution in [0.25, 0.3) is 77.8 Å². The maximum atomic E-state index is 5.04. The quantitative estimate of drug-likeness (QED) is 0.267. The first-order valence-corrected chi connectivity index (χ1v) is 12.6. The Bertz CT molecular complexity index is 2100. The molecule has 5 aromatic carbocycles. The van der Waals surface area contributed by atoms with E-state index in [1.165, 1.54) is 12.7 Å². The van der Waals surface area contributed by atoms with Crippen molar-refractivity contribution in [1.82, 2.24) is 45.3 Å². The smallest absolute Gasteiger partial charge is 0.165 e. The molecule has 0 N–H and O–H groups in total. The molecule has 0 saturated heterocycles. The molecule has 3 heterocycles. The number of hydrogen-bond donors (Lipinski definition) is 0. The predicted octanol–water partition coefficient (Wildman–Crippen LogP) is 5.86. The minimum atomic E-state index is 0.516. The third-order valence-electron chi connectivity index (χ3n) is 6.93. The summed E-state index contributed by atoms with van der Waals surface area (Å²) in [5.41, 5.74) is 5.32. The van der Waals surface area contributed by atoms with Gasteiger partial charge in [0.15, 0.2) is 17.5 Å². The maximum absolute atomic E-state index is 5.04. The maximum Gasteiger partial charge on any atom is 0.165 e. The van der Waals surface area contributed by atoms with Gasteiger partial charge in [0.2, 0.25) is 0 Å². The Balaban J connectivity index is 1.44. The fraction of sp³-hybridized carbons (Fsp3) is 0. The molecule has 40 heavy (non-hydrogen) atoms. The summed E-state index contributed by atoms with van der Waals surface area (Å²) in [6.45, 7) is 0. The molecule has 0 aliphatic carbocycles. The molecule has 0 aliphatic rings. The van der Waals surface area contributed by atoms with E-state index >= 15 is 0 Å². The van der Waals surface area contributed by atoms with E-state index in [0.29, 0.717) is 28.5 Å². The molecule has 8 rings (SSSR count). The lowest BCUT2D eigenvalue weighted by molar-refractivity contribution is 1.02. The molecule has 0 saturated carbocycles. The molecule has 0 bridgehead atoms. The molecule has 0 radical (unpaired) electrons. The van der Waals surface area contributed by atoms with Crippen molar-refractivity contribution in [2.75, 3.05) is 0 Å². The van der Waals surface area contributed by atoms with E-state index in [1.54, 1.807) is 0 Å². The molecule has 3 aromatic heterocycles. The van der Waals surface area contributed by atoms with E-state index in [9.17, 15) is 0 Å². The highest BCUT2D eigenvalue weighted by molar-refractivity contribution is 6.11. The Morgan fingerprint density at radius 3 is 1.48 bits per heavy atom. The number of fused-ring (bicyclic) bond motifs is 4. The van der Waals surface area contributed by atoms with Crippen LogP contribution >= 0.6 is 0 Å². The fourth-order valence-electron chi connectivity index (χ4n) is 5.06. The first-order valence-electron chi connectivity index (χ1n) is 12.6. The van der Waals surface area contributed by atoms with Crippen LogP contribution < -0.4 is 0 Å². The Morgan fingerprint density at radius 1 is 0.425 bits per heavy atom. The summed E-state index contributed by atoms with van der Waals surface area (Å²) in [4.78, 5) is 23.6. The topological polar surface area (TPSA) is 116 Å². The number of benzene rings is 5. The first kappa shape index (κ1) is 22.2. The molecule has 8 aromatic rings. The SMILES string of the molecule is c1ccc2c(-c3nc(-c4ccc5ncnnc5c4)nc(-c4ccc5ncnnc5c4)n3)c3ccccc3cc2c1.